The number of hydrogen-bond donors (Lipinski definition) is 1. The van der Waals surface area contributed by atoms with Crippen molar-refractivity contribution < 1.29 is 27.4 Å². The van der Waals surface area contributed by atoms with Gasteiger partial charge in [0.2, 0.25) is 0 Å². The molecule has 0 bridgehead atoms. The number of benzene rings is 1. The van der Waals surface area contributed by atoms with E-state index in [0.29, 0.717) is 11.4 Å². The Hall–Kier alpha value is -1.63. The normalized spacial score (nSPS) is 11.3. The average Bonchev–Trinajstić information content (AvgIpc) is 2.25. The van der Waals surface area contributed by atoms with E-state index in [2.05, 4.69) is 4.74 Å². The zero-order valence-corrected chi connectivity index (χ0v) is 9.08. The summed E-state index contributed by atoms with van der Waals surface area (Å²) in [6.45, 7) is -1.90. The molecule has 17 heavy (non-hydrogen) atoms. The maximum absolute atomic E-state index is 11.8. The first kappa shape index (κ1) is 13.4. The van der Waals surface area contributed by atoms with Crippen molar-refractivity contribution in [3.63, 3.8) is 0 Å². The Kier molecular flexibility index (Phi) is 4.45. The predicted octanol–water partition coefficient (Wildman–Crippen LogP) is 2.19. The SMILES string of the molecule is COc1ccc(N)c(OCOCC(F)(F)F)c1. The van der Waals surface area contributed by atoms with Crippen molar-refractivity contribution in [2.75, 3.05) is 26.2 Å². The maximum Gasteiger partial charge on any atom is 0.411 e. The van der Waals surface area contributed by atoms with Crippen LogP contribution in [-0.2, 0) is 4.74 Å². The monoisotopic (exact) mass is 251 g/mol. The van der Waals surface area contributed by atoms with Gasteiger partial charge in [-0.1, -0.05) is 0 Å². The fourth-order valence-corrected chi connectivity index (χ4v) is 1.03. The van der Waals surface area contributed by atoms with Crippen molar-refractivity contribution in [1.29, 1.82) is 0 Å². The molecule has 0 unspecified atom stereocenters. The first-order chi connectivity index (χ1) is 7.92. The van der Waals surface area contributed by atoms with E-state index in [1.165, 1.54) is 19.2 Å². The molecule has 0 fully saturated rings. The second-order valence-electron chi connectivity index (χ2n) is 3.13. The highest BCUT2D eigenvalue weighted by molar-refractivity contribution is 5.55. The summed E-state index contributed by atoms with van der Waals surface area (Å²) < 4.78 is 49.4. The van der Waals surface area contributed by atoms with Gasteiger partial charge in [0, 0.05) is 6.07 Å². The Labute approximate surface area is 96.1 Å². The van der Waals surface area contributed by atoms with Gasteiger partial charge in [-0.15, -0.1) is 0 Å². The van der Waals surface area contributed by atoms with E-state index in [4.69, 9.17) is 15.2 Å². The Morgan fingerprint density at radius 3 is 2.59 bits per heavy atom. The minimum Gasteiger partial charge on any atom is -0.497 e. The van der Waals surface area contributed by atoms with Gasteiger partial charge in [0.15, 0.2) is 6.79 Å². The molecule has 0 aliphatic carbocycles. The van der Waals surface area contributed by atoms with Crippen LogP contribution in [0.3, 0.4) is 0 Å². The topological polar surface area (TPSA) is 53.7 Å². The van der Waals surface area contributed by atoms with E-state index in [9.17, 15) is 13.2 Å². The standard InChI is InChI=1S/C10H12F3NO3/c1-15-7-2-3-8(14)9(4-7)17-6-16-5-10(11,12)13/h2-4H,5-6,14H2,1H3. The second-order valence-corrected chi connectivity index (χ2v) is 3.13. The molecule has 0 amide bonds. The van der Waals surface area contributed by atoms with Gasteiger partial charge in [0.05, 0.1) is 12.8 Å². The number of alkyl halides is 3. The van der Waals surface area contributed by atoms with Crippen LogP contribution in [0.2, 0.25) is 0 Å². The van der Waals surface area contributed by atoms with Crippen LogP contribution in [-0.4, -0.2) is 26.7 Å². The van der Waals surface area contributed by atoms with Crippen LogP contribution < -0.4 is 15.2 Å². The summed E-state index contributed by atoms with van der Waals surface area (Å²) in [5.74, 6) is 0.705. The fraction of sp³-hybridized carbons (Fsp3) is 0.400. The molecule has 1 aromatic carbocycles. The van der Waals surface area contributed by atoms with Crippen LogP contribution in [0.1, 0.15) is 0 Å². The van der Waals surface area contributed by atoms with Gasteiger partial charge in [-0.2, -0.15) is 13.2 Å². The van der Waals surface area contributed by atoms with Crippen molar-refractivity contribution in [3.8, 4) is 11.5 Å². The zero-order chi connectivity index (χ0) is 12.9. The van der Waals surface area contributed by atoms with Gasteiger partial charge in [-0.3, -0.25) is 0 Å². The van der Waals surface area contributed by atoms with Crippen molar-refractivity contribution >= 4 is 5.69 Å². The van der Waals surface area contributed by atoms with E-state index in [1.807, 2.05) is 0 Å². The molecule has 96 valence electrons. The minimum absolute atomic E-state index is 0.214. The zero-order valence-electron chi connectivity index (χ0n) is 9.08. The predicted molar refractivity (Wildman–Crippen MR) is 54.9 cm³/mol. The lowest BCUT2D eigenvalue weighted by molar-refractivity contribution is -0.186. The van der Waals surface area contributed by atoms with Gasteiger partial charge < -0.3 is 19.9 Å². The van der Waals surface area contributed by atoms with Crippen LogP contribution in [0.25, 0.3) is 0 Å². The van der Waals surface area contributed by atoms with Gasteiger partial charge in [0.1, 0.15) is 18.1 Å². The molecule has 0 saturated carbocycles. The summed E-state index contributed by atoms with van der Waals surface area (Å²) in [5.41, 5.74) is 5.85. The molecule has 0 radical (unpaired) electrons. The minimum atomic E-state index is -4.37. The lowest BCUT2D eigenvalue weighted by Crippen LogP contribution is -2.19. The number of anilines is 1. The number of nitrogens with two attached hydrogens (primary N) is 1. The van der Waals surface area contributed by atoms with Crippen LogP contribution in [0.5, 0.6) is 11.5 Å². The van der Waals surface area contributed by atoms with Gasteiger partial charge >= 0.3 is 6.18 Å². The van der Waals surface area contributed by atoms with Crippen molar-refractivity contribution in [1.82, 2.24) is 0 Å². The van der Waals surface area contributed by atoms with Crippen LogP contribution in [0, 0.1) is 0 Å². The first-order valence-electron chi connectivity index (χ1n) is 4.63. The van der Waals surface area contributed by atoms with E-state index in [0.717, 1.165) is 0 Å². The van der Waals surface area contributed by atoms with E-state index < -0.39 is 19.6 Å². The molecule has 0 aliphatic heterocycles. The number of hydrogen-bond acceptors (Lipinski definition) is 4. The molecular weight excluding hydrogens is 239 g/mol. The average molecular weight is 251 g/mol. The Bertz CT molecular complexity index is 368. The second kappa shape index (κ2) is 5.62. The molecule has 1 aromatic rings. The Morgan fingerprint density at radius 1 is 1.29 bits per heavy atom. The maximum atomic E-state index is 11.8. The third-order valence-corrected chi connectivity index (χ3v) is 1.78. The molecule has 0 aliphatic rings. The Morgan fingerprint density at radius 2 is 2.00 bits per heavy atom. The third-order valence-electron chi connectivity index (χ3n) is 1.78. The number of nitrogen functional groups attached to an aromatic ring is 1. The lowest BCUT2D eigenvalue weighted by Gasteiger charge is -2.11. The van der Waals surface area contributed by atoms with Crippen molar-refractivity contribution in [3.05, 3.63) is 18.2 Å². The number of halogens is 3. The third kappa shape index (κ3) is 4.81. The van der Waals surface area contributed by atoms with E-state index >= 15 is 0 Å². The highest BCUT2D eigenvalue weighted by Gasteiger charge is 2.27. The molecule has 0 heterocycles. The fourth-order valence-electron chi connectivity index (χ4n) is 1.03. The molecule has 0 aromatic heterocycles. The summed E-state index contributed by atoms with van der Waals surface area (Å²) in [6, 6.07) is 4.60. The highest BCUT2D eigenvalue weighted by Crippen LogP contribution is 2.26. The number of methoxy groups -OCH3 is 1. The van der Waals surface area contributed by atoms with Crippen LogP contribution in [0.15, 0.2) is 18.2 Å². The van der Waals surface area contributed by atoms with Gasteiger partial charge in [-0.25, -0.2) is 0 Å². The smallest absolute Gasteiger partial charge is 0.411 e. The molecule has 2 N–H and O–H groups in total. The summed E-state index contributed by atoms with van der Waals surface area (Å²) in [5, 5.41) is 0. The molecule has 1 rings (SSSR count). The molecule has 0 atom stereocenters. The van der Waals surface area contributed by atoms with Crippen molar-refractivity contribution in [2.24, 2.45) is 0 Å². The summed E-state index contributed by atoms with van der Waals surface area (Å²) in [6.07, 6.45) is -4.37. The summed E-state index contributed by atoms with van der Waals surface area (Å²) in [4.78, 5) is 0. The quantitative estimate of drug-likeness (QED) is 0.495. The largest absolute Gasteiger partial charge is 0.497 e. The summed E-state index contributed by atoms with van der Waals surface area (Å²) >= 11 is 0. The molecule has 0 saturated heterocycles. The van der Waals surface area contributed by atoms with Crippen LogP contribution >= 0.6 is 0 Å². The highest BCUT2D eigenvalue weighted by atomic mass is 19.4. The molecule has 0 spiro atoms. The first-order valence-corrected chi connectivity index (χ1v) is 4.63. The van der Waals surface area contributed by atoms with Crippen LogP contribution in [0.4, 0.5) is 18.9 Å². The molecule has 4 nitrogen and oxygen atoms in total. The molecular formula is C10H12F3NO3. The van der Waals surface area contributed by atoms with E-state index in [-0.39, 0.29) is 5.75 Å². The van der Waals surface area contributed by atoms with Crippen molar-refractivity contribution in [2.45, 2.75) is 6.18 Å². The number of ether oxygens (including phenoxy) is 3. The van der Waals surface area contributed by atoms with Gasteiger partial charge in [-0.05, 0) is 12.1 Å². The Balaban J connectivity index is 2.46. The number of rotatable bonds is 5. The lowest BCUT2D eigenvalue weighted by atomic mass is 10.3. The summed E-state index contributed by atoms with van der Waals surface area (Å²) in [7, 11) is 1.45. The molecule has 7 heteroatoms. The van der Waals surface area contributed by atoms with Gasteiger partial charge in [0.25, 0.3) is 0 Å². The van der Waals surface area contributed by atoms with E-state index in [1.54, 1.807) is 6.07 Å².